The van der Waals surface area contributed by atoms with Gasteiger partial charge in [0.2, 0.25) is 0 Å². The van der Waals surface area contributed by atoms with E-state index in [-0.39, 0.29) is 11.1 Å². The number of hydrogen-bond donors (Lipinski definition) is 2. The highest BCUT2D eigenvalue weighted by molar-refractivity contribution is 6.04. The highest BCUT2D eigenvalue weighted by Gasteiger charge is 2.30. The molecule has 1 aromatic carbocycles. The Morgan fingerprint density at radius 1 is 1.15 bits per heavy atom. The average molecular weight is 446 g/mol. The number of aryl methyl sites for hydroxylation is 1. The fourth-order valence-electron chi connectivity index (χ4n) is 4.70. The van der Waals surface area contributed by atoms with Crippen molar-refractivity contribution in [1.82, 2.24) is 24.3 Å². The van der Waals surface area contributed by atoms with Crippen LogP contribution in [0.4, 0.5) is 0 Å². The number of aromatic amines is 1. The van der Waals surface area contributed by atoms with Crippen LogP contribution in [-0.2, 0) is 7.05 Å². The first kappa shape index (κ1) is 21.2. The molecule has 8 heteroatoms. The quantitative estimate of drug-likeness (QED) is 0.489. The van der Waals surface area contributed by atoms with Crippen LogP contribution in [0.5, 0.6) is 0 Å². The van der Waals surface area contributed by atoms with Crippen molar-refractivity contribution >= 4 is 16.9 Å². The summed E-state index contributed by atoms with van der Waals surface area (Å²) in [6.45, 7) is 2.28. The van der Waals surface area contributed by atoms with Crippen molar-refractivity contribution in [3.05, 3.63) is 76.4 Å². The van der Waals surface area contributed by atoms with Gasteiger partial charge in [0.05, 0.1) is 5.56 Å². The Morgan fingerprint density at radius 3 is 2.45 bits per heavy atom. The number of nitrogens with zero attached hydrogens (tertiary/aromatic N) is 4. The standard InChI is InChI=1S/C17H14N2O3.C8H13N3/c20-16-15-14(12(8-18-15)17(21)22)13(10-6-7-10)9-19(16)11-4-2-1-3-5-11;1-6-3-7(4-6)8-10-9-5-11(8)2/h1-5,8-10,18H,6-7H2,(H,21,22);5-7H,3-4H2,1-2H3. The van der Waals surface area contributed by atoms with Crippen LogP contribution in [0.3, 0.4) is 0 Å². The number of hydrogen-bond acceptors (Lipinski definition) is 4. The number of pyridine rings is 1. The largest absolute Gasteiger partial charge is 0.478 e. The van der Waals surface area contributed by atoms with Crippen LogP contribution >= 0.6 is 0 Å². The second-order valence-electron chi connectivity index (χ2n) is 9.20. The summed E-state index contributed by atoms with van der Waals surface area (Å²) < 4.78 is 3.62. The van der Waals surface area contributed by atoms with Gasteiger partial charge in [-0.25, -0.2) is 4.79 Å². The van der Waals surface area contributed by atoms with Gasteiger partial charge in [-0.1, -0.05) is 25.1 Å². The summed E-state index contributed by atoms with van der Waals surface area (Å²) in [5, 5.41) is 17.9. The van der Waals surface area contributed by atoms with E-state index in [2.05, 4.69) is 22.1 Å². The van der Waals surface area contributed by atoms with Gasteiger partial charge in [0.1, 0.15) is 17.7 Å². The van der Waals surface area contributed by atoms with Crippen molar-refractivity contribution in [3.63, 3.8) is 0 Å². The lowest BCUT2D eigenvalue weighted by Crippen LogP contribution is -2.21. The van der Waals surface area contributed by atoms with E-state index in [4.69, 9.17) is 0 Å². The van der Waals surface area contributed by atoms with Gasteiger partial charge >= 0.3 is 5.97 Å². The molecule has 2 aliphatic rings. The molecular weight excluding hydrogens is 418 g/mol. The molecule has 3 aromatic heterocycles. The number of aromatic nitrogens is 5. The number of aromatic carboxylic acids is 1. The lowest BCUT2D eigenvalue weighted by molar-refractivity contribution is 0.0699. The zero-order valence-electron chi connectivity index (χ0n) is 18.7. The van der Waals surface area contributed by atoms with Gasteiger partial charge in [-0.3, -0.25) is 9.36 Å². The maximum Gasteiger partial charge on any atom is 0.337 e. The van der Waals surface area contributed by atoms with E-state index in [0.29, 0.717) is 22.7 Å². The molecule has 0 aliphatic heterocycles. The van der Waals surface area contributed by atoms with E-state index < -0.39 is 5.97 Å². The first-order chi connectivity index (χ1) is 15.9. The summed E-state index contributed by atoms with van der Waals surface area (Å²) in [4.78, 5) is 27.0. The first-order valence-electron chi connectivity index (χ1n) is 11.3. The van der Waals surface area contributed by atoms with Crippen molar-refractivity contribution < 1.29 is 9.90 Å². The molecule has 6 rings (SSSR count). The predicted molar refractivity (Wildman–Crippen MR) is 125 cm³/mol. The smallest absolute Gasteiger partial charge is 0.337 e. The molecule has 0 atom stereocenters. The third-order valence-electron chi connectivity index (χ3n) is 6.64. The topological polar surface area (TPSA) is 106 Å². The Labute approximate surface area is 190 Å². The predicted octanol–water partition coefficient (Wildman–Crippen LogP) is 4.22. The molecule has 8 nitrogen and oxygen atoms in total. The number of carboxylic acids is 1. The molecule has 3 heterocycles. The van der Waals surface area contributed by atoms with Crippen LogP contribution in [0.25, 0.3) is 16.6 Å². The minimum Gasteiger partial charge on any atom is -0.478 e. The third kappa shape index (κ3) is 3.97. The summed E-state index contributed by atoms with van der Waals surface area (Å²) in [7, 11) is 2.01. The van der Waals surface area contributed by atoms with Crippen LogP contribution in [0.1, 0.15) is 66.2 Å². The Kier molecular flexibility index (Phi) is 5.36. The highest BCUT2D eigenvalue weighted by Crippen LogP contribution is 2.43. The molecule has 33 heavy (non-hydrogen) atoms. The van der Waals surface area contributed by atoms with Gasteiger partial charge in [0.25, 0.3) is 5.56 Å². The van der Waals surface area contributed by atoms with Crippen molar-refractivity contribution in [2.45, 2.75) is 44.4 Å². The zero-order chi connectivity index (χ0) is 23.1. The van der Waals surface area contributed by atoms with Crippen LogP contribution in [0.2, 0.25) is 0 Å². The minimum atomic E-state index is -1.01. The molecule has 2 saturated carbocycles. The summed E-state index contributed by atoms with van der Waals surface area (Å²) >= 11 is 0. The normalized spacial score (nSPS) is 19.6. The third-order valence-corrected chi connectivity index (χ3v) is 6.64. The van der Waals surface area contributed by atoms with Gasteiger partial charge in [-0.05, 0) is 55.2 Å². The van der Waals surface area contributed by atoms with Crippen LogP contribution in [-0.4, -0.2) is 35.4 Å². The lowest BCUT2D eigenvalue weighted by Gasteiger charge is -2.31. The number of carboxylic acid groups (broad SMARTS) is 1. The van der Waals surface area contributed by atoms with E-state index in [1.807, 2.05) is 41.9 Å². The van der Waals surface area contributed by atoms with E-state index in [1.165, 1.54) is 19.0 Å². The SMILES string of the molecule is CC1CC(c2nncn2C)C1.O=C(O)c1c[nH]c2c(=O)n(-c3ccccc3)cc(C3CC3)c12. The zero-order valence-corrected chi connectivity index (χ0v) is 18.7. The summed E-state index contributed by atoms with van der Waals surface area (Å²) in [6, 6.07) is 9.38. The number of fused-ring (bicyclic) bond motifs is 1. The summed E-state index contributed by atoms with van der Waals surface area (Å²) in [5.74, 6) is 2.05. The molecule has 2 fully saturated rings. The number of H-pyrrole nitrogens is 1. The number of nitrogens with one attached hydrogen (secondary N) is 1. The van der Waals surface area contributed by atoms with Gasteiger partial charge in [0, 0.05) is 36.4 Å². The number of rotatable bonds is 4. The molecule has 4 aromatic rings. The minimum absolute atomic E-state index is 0.175. The molecule has 2 N–H and O–H groups in total. The van der Waals surface area contributed by atoms with Gasteiger partial charge in [0.15, 0.2) is 0 Å². The van der Waals surface area contributed by atoms with Crippen molar-refractivity contribution in [2.24, 2.45) is 13.0 Å². The summed E-state index contributed by atoms with van der Waals surface area (Å²) in [5.41, 5.74) is 2.04. The van der Waals surface area contributed by atoms with Gasteiger partial charge in [-0.2, -0.15) is 0 Å². The fraction of sp³-hybridized carbons (Fsp3) is 0.360. The number of carbonyl (C=O) groups is 1. The molecule has 170 valence electrons. The maximum absolute atomic E-state index is 12.7. The first-order valence-corrected chi connectivity index (χ1v) is 11.3. The van der Waals surface area contributed by atoms with Crippen molar-refractivity contribution in [3.8, 4) is 5.69 Å². The van der Waals surface area contributed by atoms with E-state index in [0.717, 1.165) is 35.8 Å². The average Bonchev–Trinajstić information content (AvgIpc) is 3.38. The van der Waals surface area contributed by atoms with Crippen LogP contribution in [0.15, 0.2) is 53.8 Å². The summed E-state index contributed by atoms with van der Waals surface area (Å²) in [6.07, 6.45) is 9.63. The number of benzene rings is 1. The number of para-hydroxylation sites is 1. The van der Waals surface area contributed by atoms with Crippen LogP contribution < -0.4 is 5.56 Å². The molecule has 0 spiro atoms. The Balaban J connectivity index is 0.000000174. The monoisotopic (exact) mass is 445 g/mol. The lowest BCUT2D eigenvalue weighted by atomic mass is 9.76. The maximum atomic E-state index is 12.7. The molecule has 0 radical (unpaired) electrons. The molecule has 0 amide bonds. The second-order valence-corrected chi connectivity index (χ2v) is 9.20. The molecule has 0 saturated heterocycles. The van der Waals surface area contributed by atoms with Crippen LogP contribution in [0, 0.1) is 5.92 Å². The molecule has 0 unspecified atom stereocenters. The highest BCUT2D eigenvalue weighted by atomic mass is 16.4. The van der Waals surface area contributed by atoms with Crippen molar-refractivity contribution in [1.29, 1.82) is 0 Å². The molecular formula is C25H27N5O3. The van der Waals surface area contributed by atoms with Gasteiger partial charge < -0.3 is 14.7 Å². The molecule has 0 bridgehead atoms. The van der Waals surface area contributed by atoms with E-state index >= 15 is 0 Å². The van der Waals surface area contributed by atoms with Gasteiger partial charge in [-0.15, -0.1) is 10.2 Å². The second kappa shape index (κ2) is 8.35. The molecule has 2 aliphatic carbocycles. The van der Waals surface area contributed by atoms with E-state index in [1.54, 1.807) is 17.1 Å². The fourth-order valence-corrected chi connectivity index (χ4v) is 4.70. The van der Waals surface area contributed by atoms with E-state index in [9.17, 15) is 14.7 Å². The Hall–Kier alpha value is -3.68. The van der Waals surface area contributed by atoms with Crippen molar-refractivity contribution in [2.75, 3.05) is 0 Å². The Morgan fingerprint density at radius 2 is 1.88 bits per heavy atom. The Bertz CT molecular complexity index is 1360.